The summed E-state index contributed by atoms with van der Waals surface area (Å²) in [6, 6.07) is 8.75. The number of carbonyl (C=O) groups excluding carboxylic acids is 1. The van der Waals surface area contributed by atoms with Gasteiger partial charge in [0.1, 0.15) is 11.9 Å². The lowest BCUT2D eigenvalue weighted by Gasteiger charge is -2.46. The summed E-state index contributed by atoms with van der Waals surface area (Å²) in [4.78, 5) is 17.9. The minimum absolute atomic E-state index is 0.0199. The summed E-state index contributed by atoms with van der Waals surface area (Å²) < 4.78 is 11.3. The Morgan fingerprint density at radius 3 is 2.72 bits per heavy atom. The highest BCUT2D eigenvalue weighted by Gasteiger charge is 2.53. The van der Waals surface area contributed by atoms with E-state index in [1.54, 1.807) is 18.3 Å². The second-order valence-corrected chi connectivity index (χ2v) is 10.8. The molecule has 0 amide bonds. The van der Waals surface area contributed by atoms with Gasteiger partial charge in [0.15, 0.2) is 0 Å². The summed E-state index contributed by atoms with van der Waals surface area (Å²) in [6.07, 6.45) is 5.95. The minimum atomic E-state index is 0.0199. The van der Waals surface area contributed by atoms with Gasteiger partial charge in [-0.05, 0) is 75.6 Å². The molecule has 2 aliphatic heterocycles. The van der Waals surface area contributed by atoms with E-state index in [4.69, 9.17) is 9.47 Å². The second-order valence-electron chi connectivity index (χ2n) is 10.8. The smallest absolute Gasteiger partial charge is 0.310 e. The maximum Gasteiger partial charge on any atom is 0.310 e. The molecule has 4 aliphatic rings. The SMILES string of the molecule is COc1ccc(N2CCN(CC3C(=O)OC4CC5(C)CCCC(C)=C5CC43)CC2C)cc1. The van der Waals surface area contributed by atoms with Crippen LogP contribution in [0.15, 0.2) is 35.4 Å². The Morgan fingerprint density at radius 2 is 2.00 bits per heavy atom. The number of nitrogens with zero attached hydrogens (tertiary/aromatic N) is 2. The van der Waals surface area contributed by atoms with E-state index in [-0.39, 0.29) is 23.4 Å². The first kappa shape index (κ1) is 21.8. The fraction of sp³-hybridized carbons (Fsp3) is 0.667. The third-order valence-corrected chi connectivity index (χ3v) is 8.75. The summed E-state index contributed by atoms with van der Waals surface area (Å²) in [5.41, 5.74) is 4.71. The molecule has 1 aromatic carbocycles. The summed E-state index contributed by atoms with van der Waals surface area (Å²) in [5, 5.41) is 0. The molecule has 0 aromatic heterocycles. The molecule has 5 rings (SSSR count). The Bertz CT molecular complexity index is 895. The van der Waals surface area contributed by atoms with E-state index in [0.29, 0.717) is 12.0 Å². The molecule has 0 bridgehead atoms. The summed E-state index contributed by atoms with van der Waals surface area (Å²) >= 11 is 0. The highest BCUT2D eigenvalue weighted by atomic mass is 16.6. The molecule has 2 aliphatic carbocycles. The van der Waals surface area contributed by atoms with Crippen LogP contribution < -0.4 is 9.64 Å². The van der Waals surface area contributed by atoms with Gasteiger partial charge in [-0.15, -0.1) is 0 Å². The molecule has 1 saturated carbocycles. The number of benzene rings is 1. The van der Waals surface area contributed by atoms with Crippen molar-refractivity contribution in [2.75, 3.05) is 38.2 Å². The van der Waals surface area contributed by atoms with Gasteiger partial charge in [0, 0.05) is 43.8 Å². The molecule has 0 spiro atoms. The van der Waals surface area contributed by atoms with Gasteiger partial charge in [0.2, 0.25) is 0 Å². The van der Waals surface area contributed by atoms with Crippen LogP contribution >= 0.6 is 0 Å². The van der Waals surface area contributed by atoms with Crippen molar-refractivity contribution in [3.05, 3.63) is 35.4 Å². The lowest BCUT2D eigenvalue weighted by molar-refractivity contribution is -0.145. The normalized spacial score (nSPS) is 35.4. The minimum Gasteiger partial charge on any atom is -0.497 e. The average Bonchev–Trinajstić information content (AvgIpc) is 3.06. The first-order valence-electron chi connectivity index (χ1n) is 12.4. The molecule has 5 unspecified atom stereocenters. The van der Waals surface area contributed by atoms with E-state index in [0.717, 1.165) is 44.8 Å². The Morgan fingerprint density at radius 1 is 1.22 bits per heavy atom. The topological polar surface area (TPSA) is 42.0 Å². The fourth-order valence-electron chi connectivity index (χ4n) is 6.96. The van der Waals surface area contributed by atoms with Crippen molar-refractivity contribution in [2.45, 2.75) is 65.0 Å². The van der Waals surface area contributed by atoms with Crippen molar-refractivity contribution in [3.63, 3.8) is 0 Å². The van der Waals surface area contributed by atoms with E-state index >= 15 is 0 Å². The Labute approximate surface area is 192 Å². The molecule has 1 aromatic rings. The fourth-order valence-corrected chi connectivity index (χ4v) is 6.96. The van der Waals surface area contributed by atoms with Crippen LogP contribution in [0.2, 0.25) is 0 Å². The van der Waals surface area contributed by atoms with Gasteiger partial charge >= 0.3 is 5.97 Å². The van der Waals surface area contributed by atoms with Gasteiger partial charge in [0.25, 0.3) is 0 Å². The molecule has 3 fully saturated rings. The molecule has 2 heterocycles. The van der Waals surface area contributed by atoms with E-state index in [1.165, 1.54) is 24.9 Å². The van der Waals surface area contributed by atoms with E-state index < -0.39 is 0 Å². The third-order valence-electron chi connectivity index (χ3n) is 8.75. The highest BCUT2D eigenvalue weighted by molar-refractivity contribution is 5.76. The highest BCUT2D eigenvalue weighted by Crippen LogP contribution is 2.55. The van der Waals surface area contributed by atoms with E-state index in [1.807, 2.05) is 12.1 Å². The first-order valence-corrected chi connectivity index (χ1v) is 12.4. The molecular formula is C27H38N2O3. The van der Waals surface area contributed by atoms with Gasteiger partial charge in [-0.2, -0.15) is 0 Å². The van der Waals surface area contributed by atoms with Crippen LogP contribution in [0.3, 0.4) is 0 Å². The van der Waals surface area contributed by atoms with Crippen LogP contribution in [0.4, 0.5) is 5.69 Å². The van der Waals surface area contributed by atoms with Gasteiger partial charge < -0.3 is 14.4 Å². The average molecular weight is 439 g/mol. The van der Waals surface area contributed by atoms with Crippen LogP contribution in [0.1, 0.15) is 52.9 Å². The number of fused-ring (bicyclic) bond motifs is 2. The molecule has 5 heteroatoms. The van der Waals surface area contributed by atoms with Crippen LogP contribution in [0, 0.1) is 17.3 Å². The van der Waals surface area contributed by atoms with Crippen LogP contribution in [-0.2, 0) is 9.53 Å². The van der Waals surface area contributed by atoms with Gasteiger partial charge in [-0.25, -0.2) is 0 Å². The largest absolute Gasteiger partial charge is 0.497 e. The Hall–Kier alpha value is -2.01. The second kappa shape index (κ2) is 8.40. The number of anilines is 1. The standard InChI is InChI=1S/C27H38N2O3/c1-18-6-5-11-27(3)15-25-22(14-24(18)27)23(26(30)32-25)17-28-12-13-29(19(2)16-28)20-7-9-21(31-4)10-8-20/h7-10,19,22-23,25H,5-6,11-17H2,1-4H3. The summed E-state index contributed by atoms with van der Waals surface area (Å²) in [7, 11) is 1.70. The molecule has 0 radical (unpaired) electrons. The molecule has 2 saturated heterocycles. The van der Waals surface area contributed by atoms with Crippen LogP contribution in [0.5, 0.6) is 5.75 Å². The monoisotopic (exact) mass is 438 g/mol. The van der Waals surface area contributed by atoms with Crippen LogP contribution in [0.25, 0.3) is 0 Å². The maximum absolute atomic E-state index is 12.9. The molecule has 5 nitrogen and oxygen atoms in total. The number of methoxy groups -OCH3 is 1. The number of hydrogen-bond donors (Lipinski definition) is 0. The number of hydrogen-bond acceptors (Lipinski definition) is 5. The predicted molar refractivity (Wildman–Crippen MR) is 127 cm³/mol. The number of ether oxygens (including phenoxy) is 2. The molecule has 32 heavy (non-hydrogen) atoms. The zero-order chi connectivity index (χ0) is 22.5. The number of carbonyl (C=O) groups is 1. The van der Waals surface area contributed by atoms with Crippen molar-refractivity contribution in [2.24, 2.45) is 17.3 Å². The van der Waals surface area contributed by atoms with Gasteiger partial charge in [0.05, 0.1) is 13.0 Å². The molecular weight excluding hydrogens is 400 g/mol. The first-order chi connectivity index (χ1) is 15.4. The number of allylic oxidation sites excluding steroid dienone is 2. The summed E-state index contributed by atoms with van der Waals surface area (Å²) in [6.45, 7) is 10.8. The maximum atomic E-state index is 12.9. The van der Waals surface area contributed by atoms with Crippen molar-refractivity contribution < 1.29 is 14.3 Å². The number of piperazine rings is 1. The molecule has 174 valence electrons. The molecule has 0 N–H and O–H groups in total. The number of esters is 1. The lowest BCUT2D eigenvalue weighted by Crippen LogP contribution is -2.53. The van der Waals surface area contributed by atoms with Crippen LogP contribution in [-0.4, -0.2) is 56.3 Å². The zero-order valence-corrected chi connectivity index (χ0v) is 20.1. The van der Waals surface area contributed by atoms with Gasteiger partial charge in [-0.3, -0.25) is 9.69 Å². The predicted octanol–water partition coefficient (Wildman–Crippen LogP) is 4.66. The molecule has 5 atom stereocenters. The van der Waals surface area contributed by atoms with Crippen molar-refractivity contribution in [1.82, 2.24) is 4.90 Å². The van der Waals surface area contributed by atoms with Gasteiger partial charge in [-0.1, -0.05) is 18.1 Å². The Balaban J connectivity index is 1.25. The quantitative estimate of drug-likeness (QED) is 0.505. The zero-order valence-electron chi connectivity index (χ0n) is 20.1. The van der Waals surface area contributed by atoms with Crippen molar-refractivity contribution in [1.29, 1.82) is 0 Å². The van der Waals surface area contributed by atoms with E-state index in [2.05, 4.69) is 42.7 Å². The van der Waals surface area contributed by atoms with E-state index in [9.17, 15) is 4.79 Å². The summed E-state index contributed by atoms with van der Waals surface area (Å²) in [5.74, 6) is 1.31. The van der Waals surface area contributed by atoms with Crippen molar-refractivity contribution in [3.8, 4) is 5.75 Å². The third kappa shape index (κ3) is 3.83. The lowest BCUT2D eigenvalue weighted by atomic mass is 9.59. The van der Waals surface area contributed by atoms with Crippen molar-refractivity contribution >= 4 is 11.7 Å². The Kier molecular flexibility index (Phi) is 5.73. The number of rotatable bonds is 4.